The van der Waals surface area contributed by atoms with Crippen LogP contribution in [0.2, 0.25) is 0 Å². The lowest BCUT2D eigenvalue weighted by Crippen LogP contribution is -1.85. The van der Waals surface area contributed by atoms with E-state index in [-0.39, 0.29) is 0 Å². The molecule has 41 valence electrons. The molecule has 1 radical (unpaired) electrons. The van der Waals surface area contributed by atoms with Crippen LogP contribution >= 0.6 is 0 Å². The average molecular weight is 98.2 g/mol. The topological polar surface area (TPSA) is 23.9 Å². The molecule has 0 saturated carbocycles. The quantitative estimate of drug-likeness (QED) is 0.522. The van der Waals surface area contributed by atoms with Crippen LogP contribution in [0.25, 0.3) is 0 Å². The van der Waals surface area contributed by atoms with Crippen molar-refractivity contribution in [3.8, 4) is 0 Å². The Labute approximate surface area is 45.2 Å². The molecule has 0 saturated heterocycles. The van der Waals surface area contributed by atoms with Gasteiger partial charge in [-0.3, -0.25) is 0 Å². The van der Waals surface area contributed by atoms with E-state index in [9.17, 15) is 0 Å². The molecule has 7 heavy (non-hydrogen) atoms. The fraction of sp³-hybridized carbons (Fsp3) is 0.667. The van der Waals surface area contributed by atoms with E-state index in [1.165, 1.54) is 0 Å². The van der Waals surface area contributed by atoms with Crippen molar-refractivity contribution in [3.63, 3.8) is 0 Å². The maximum atomic E-state index is 6.89. The molecule has 0 spiro atoms. The molecular weight excluding hydrogens is 86.1 g/mol. The largest absolute Gasteiger partial charge is 0.310 e. The molecule has 0 aliphatic heterocycles. The third-order valence-corrected chi connectivity index (χ3v) is 0.832. The van der Waals surface area contributed by atoms with Gasteiger partial charge in [-0.1, -0.05) is 13.3 Å². The molecule has 0 aliphatic rings. The van der Waals surface area contributed by atoms with Gasteiger partial charge < -0.3 is 5.41 Å². The Morgan fingerprint density at radius 3 is 2.43 bits per heavy atom. The van der Waals surface area contributed by atoms with Crippen LogP contribution < -0.4 is 0 Å². The van der Waals surface area contributed by atoms with E-state index in [0.717, 1.165) is 19.3 Å². The zero-order valence-corrected chi connectivity index (χ0v) is 4.83. The second kappa shape index (κ2) is 3.85. The SMILES string of the molecule is [CH2]C(=N)CCCC. The highest BCUT2D eigenvalue weighted by Gasteiger charge is 1.83. The van der Waals surface area contributed by atoms with Gasteiger partial charge in [0.25, 0.3) is 0 Å². The summed E-state index contributed by atoms with van der Waals surface area (Å²) in [6.45, 7) is 5.57. The first-order valence-corrected chi connectivity index (χ1v) is 2.66. The predicted octanol–water partition coefficient (Wildman–Crippen LogP) is 2.03. The molecule has 0 aromatic carbocycles. The summed E-state index contributed by atoms with van der Waals surface area (Å²) in [6.07, 6.45) is 3.15. The molecule has 1 heteroatoms. The van der Waals surface area contributed by atoms with Crippen LogP contribution in [0.15, 0.2) is 0 Å². The molecule has 1 N–H and O–H groups in total. The van der Waals surface area contributed by atoms with Crippen LogP contribution in [0.4, 0.5) is 0 Å². The standard InChI is InChI=1S/C6H12N/c1-3-4-5-6(2)7/h7H,2-5H2,1H3. The Bertz CT molecular complexity index is 57.2. The van der Waals surface area contributed by atoms with Gasteiger partial charge in [-0.05, 0) is 19.8 Å². The van der Waals surface area contributed by atoms with E-state index in [2.05, 4.69) is 13.8 Å². The van der Waals surface area contributed by atoms with Crippen LogP contribution in [0.1, 0.15) is 26.2 Å². The van der Waals surface area contributed by atoms with Gasteiger partial charge in [0, 0.05) is 5.71 Å². The zero-order valence-electron chi connectivity index (χ0n) is 4.83. The summed E-state index contributed by atoms with van der Waals surface area (Å²) in [5.41, 5.74) is 0.557. The van der Waals surface area contributed by atoms with Gasteiger partial charge in [-0.25, -0.2) is 0 Å². The van der Waals surface area contributed by atoms with Gasteiger partial charge >= 0.3 is 0 Å². The van der Waals surface area contributed by atoms with Gasteiger partial charge in [-0.2, -0.15) is 0 Å². The first kappa shape index (κ1) is 6.67. The average Bonchev–Trinajstić information content (AvgIpc) is 1.61. The molecule has 0 atom stereocenters. The van der Waals surface area contributed by atoms with Crippen molar-refractivity contribution in [1.29, 1.82) is 5.41 Å². The Morgan fingerprint density at radius 2 is 2.29 bits per heavy atom. The van der Waals surface area contributed by atoms with Gasteiger partial charge in [0.15, 0.2) is 0 Å². The number of hydrogen-bond donors (Lipinski definition) is 1. The molecule has 0 heterocycles. The summed E-state index contributed by atoms with van der Waals surface area (Å²) >= 11 is 0. The van der Waals surface area contributed by atoms with Crippen molar-refractivity contribution in [1.82, 2.24) is 0 Å². The zero-order chi connectivity index (χ0) is 5.70. The van der Waals surface area contributed by atoms with Crippen LogP contribution in [-0.2, 0) is 0 Å². The minimum Gasteiger partial charge on any atom is -0.310 e. The van der Waals surface area contributed by atoms with Gasteiger partial charge in [-0.15, -0.1) is 0 Å². The van der Waals surface area contributed by atoms with E-state index >= 15 is 0 Å². The second-order valence-corrected chi connectivity index (χ2v) is 1.71. The Hall–Kier alpha value is -0.330. The summed E-state index contributed by atoms with van der Waals surface area (Å²) in [4.78, 5) is 0. The minimum atomic E-state index is 0.557. The lowest BCUT2D eigenvalue weighted by molar-refractivity contribution is 0.834. The van der Waals surface area contributed by atoms with Gasteiger partial charge in [0.2, 0.25) is 0 Å². The summed E-state index contributed by atoms with van der Waals surface area (Å²) in [7, 11) is 0. The molecule has 0 bridgehead atoms. The monoisotopic (exact) mass is 98.1 g/mol. The van der Waals surface area contributed by atoms with Crippen molar-refractivity contribution in [3.05, 3.63) is 6.92 Å². The third kappa shape index (κ3) is 5.67. The third-order valence-electron chi connectivity index (χ3n) is 0.832. The smallest absolute Gasteiger partial charge is 0.00929 e. The van der Waals surface area contributed by atoms with Crippen LogP contribution in [0, 0.1) is 12.3 Å². The first-order valence-electron chi connectivity index (χ1n) is 2.66. The number of hydrogen-bond acceptors (Lipinski definition) is 1. The Balaban J connectivity index is 2.82. The predicted molar refractivity (Wildman–Crippen MR) is 32.6 cm³/mol. The Kier molecular flexibility index (Phi) is 3.67. The molecular formula is C6H12N. The van der Waals surface area contributed by atoms with Crippen LogP contribution in [0.5, 0.6) is 0 Å². The lowest BCUT2D eigenvalue weighted by atomic mass is 10.2. The summed E-state index contributed by atoms with van der Waals surface area (Å²) in [6, 6.07) is 0. The molecule has 1 nitrogen and oxygen atoms in total. The van der Waals surface area contributed by atoms with Crippen molar-refractivity contribution in [2.24, 2.45) is 0 Å². The molecule has 0 aliphatic carbocycles. The first-order chi connectivity index (χ1) is 3.27. The van der Waals surface area contributed by atoms with E-state index < -0.39 is 0 Å². The molecule has 0 aromatic rings. The maximum Gasteiger partial charge on any atom is 0.00929 e. The fourth-order valence-electron chi connectivity index (χ4n) is 0.390. The number of unbranched alkanes of at least 4 members (excludes halogenated alkanes) is 1. The normalized spacial score (nSPS) is 8.86. The molecule has 0 amide bonds. The fourth-order valence-corrected chi connectivity index (χ4v) is 0.390. The summed E-state index contributed by atoms with van der Waals surface area (Å²) < 4.78 is 0. The van der Waals surface area contributed by atoms with Crippen LogP contribution in [-0.4, -0.2) is 5.71 Å². The summed E-state index contributed by atoms with van der Waals surface area (Å²) in [5, 5.41) is 6.89. The highest BCUT2D eigenvalue weighted by molar-refractivity contribution is 5.85. The van der Waals surface area contributed by atoms with Crippen molar-refractivity contribution >= 4 is 5.71 Å². The number of rotatable bonds is 3. The Morgan fingerprint density at radius 1 is 1.71 bits per heavy atom. The maximum absolute atomic E-state index is 6.89. The van der Waals surface area contributed by atoms with E-state index in [1.54, 1.807) is 0 Å². The molecule has 0 unspecified atom stereocenters. The molecule has 0 fully saturated rings. The second-order valence-electron chi connectivity index (χ2n) is 1.71. The lowest BCUT2D eigenvalue weighted by Gasteiger charge is -1.89. The van der Waals surface area contributed by atoms with Crippen molar-refractivity contribution in [2.75, 3.05) is 0 Å². The van der Waals surface area contributed by atoms with Gasteiger partial charge in [0.05, 0.1) is 0 Å². The highest BCUT2D eigenvalue weighted by Crippen LogP contribution is 1.92. The molecule has 0 aromatic heterocycles. The van der Waals surface area contributed by atoms with E-state index in [0.29, 0.717) is 5.71 Å². The van der Waals surface area contributed by atoms with Crippen molar-refractivity contribution in [2.45, 2.75) is 26.2 Å². The highest BCUT2D eigenvalue weighted by atomic mass is 14.4. The molecule has 0 rings (SSSR count). The van der Waals surface area contributed by atoms with E-state index in [1.807, 2.05) is 0 Å². The summed E-state index contributed by atoms with van der Waals surface area (Å²) in [5.74, 6) is 0. The van der Waals surface area contributed by atoms with Crippen LogP contribution in [0.3, 0.4) is 0 Å². The van der Waals surface area contributed by atoms with Crippen molar-refractivity contribution < 1.29 is 0 Å². The number of nitrogens with one attached hydrogen (secondary N) is 1. The van der Waals surface area contributed by atoms with E-state index in [4.69, 9.17) is 5.41 Å². The van der Waals surface area contributed by atoms with Gasteiger partial charge in [0.1, 0.15) is 0 Å². The minimum absolute atomic E-state index is 0.557.